The molecule has 2 aromatic carbocycles. The first-order valence-corrected chi connectivity index (χ1v) is 12.7. The second-order valence-electron chi connectivity index (χ2n) is 8.92. The molecule has 168 valence electrons. The molecule has 0 aliphatic carbocycles. The summed E-state index contributed by atoms with van der Waals surface area (Å²) < 4.78 is 35.2. The third kappa shape index (κ3) is 3.43. The minimum atomic E-state index is -3.69. The van der Waals surface area contributed by atoms with Crippen LogP contribution in [0.5, 0.6) is 5.75 Å². The third-order valence-electron chi connectivity index (χ3n) is 6.95. The Labute approximate surface area is 193 Å². The Kier molecular flexibility index (Phi) is 4.78. The first-order chi connectivity index (χ1) is 16.0. The average molecular weight is 460 g/mol. The van der Waals surface area contributed by atoms with Gasteiger partial charge in [0.1, 0.15) is 12.4 Å². The van der Waals surface area contributed by atoms with Crippen LogP contribution in [0, 0.1) is 0 Å². The van der Waals surface area contributed by atoms with Crippen molar-refractivity contribution in [3.63, 3.8) is 0 Å². The molecule has 7 heteroatoms. The number of fused-ring (bicyclic) bond motifs is 6. The molecule has 2 atom stereocenters. The van der Waals surface area contributed by atoms with E-state index in [1.165, 1.54) is 17.7 Å². The number of ether oxygens (including phenoxy) is 1. The molecule has 0 radical (unpaired) electrons. The van der Waals surface area contributed by atoms with E-state index in [0.717, 1.165) is 29.3 Å². The average Bonchev–Trinajstić information content (AvgIpc) is 3.36. The van der Waals surface area contributed by atoms with E-state index in [2.05, 4.69) is 21.9 Å². The molecule has 1 N–H and O–H groups in total. The number of hydrogen-bond donors (Lipinski definition) is 1. The fraction of sp³-hybridized carbons (Fsp3) is 0.269. The Morgan fingerprint density at radius 3 is 2.73 bits per heavy atom. The van der Waals surface area contributed by atoms with Crippen molar-refractivity contribution in [3.05, 3.63) is 83.8 Å². The standard InChI is InChI=1S/C26H25N3O3S/c1-29-24-8-6-21(15-22(24)26-23-7-5-18(28-23)13-25(26)29)33(30,31)20-4-2-3-19(14-20)32-16-17-9-11-27-12-10-17/h2-4,6,8-12,14-15,18,23,28H,5,7,13,16H2,1H3. The largest absolute Gasteiger partial charge is 0.489 e. The van der Waals surface area contributed by atoms with Crippen molar-refractivity contribution in [2.24, 2.45) is 7.05 Å². The van der Waals surface area contributed by atoms with Crippen molar-refractivity contribution in [2.75, 3.05) is 0 Å². The lowest BCUT2D eigenvalue weighted by atomic mass is 9.99. The summed E-state index contributed by atoms with van der Waals surface area (Å²) in [7, 11) is -1.60. The summed E-state index contributed by atoms with van der Waals surface area (Å²) >= 11 is 0. The van der Waals surface area contributed by atoms with Gasteiger partial charge in [-0.05, 0) is 72.5 Å². The predicted molar refractivity (Wildman–Crippen MR) is 126 cm³/mol. The molecular formula is C26H25N3O3S. The molecule has 2 aliphatic rings. The topological polar surface area (TPSA) is 73.2 Å². The molecule has 6 nitrogen and oxygen atoms in total. The molecule has 0 saturated carbocycles. The highest BCUT2D eigenvalue weighted by Gasteiger charge is 2.36. The van der Waals surface area contributed by atoms with Gasteiger partial charge < -0.3 is 14.6 Å². The van der Waals surface area contributed by atoms with E-state index in [4.69, 9.17) is 4.74 Å². The summed E-state index contributed by atoms with van der Waals surface area (Å²) in [5.74, 6) is 0.521. The summed E-state index contributed by atoms with van der Waals surface area (Å²) in [4.78, 5) is 4.55. The normalized spacial score (nSPS) is 19.5. The van der Waals surface area contributed by atoms with Crippen LogP contribution in [0.2, 0.25) is 0 Å². The molecule has 2 aliphatic heterocycles. The zero-order valence-electron chi connectivity index (χ0n) is 18.4. The van der Waals surface area contributed by atoms with E-state index in [9.17, 15) is 8.42 Å². The number of sulfone groups is 1. The number of rotatable bonds is 5. The van der Waals surface area contributed by atoms with E-state index in [0.29, 0.717) is 29.3 Å². The number of benzene rings is 2. The maximum Gasteiger partial charge on any atom is 0.206 e. The van der Waals surface area contributed by atoms with Crippen LogP contribution in [0.4, 0.5) is 0 Å². The summed E-state index contributed by atoms with van der Waals surface area (Å²) in [6.45, 7) is 0.351. The van der Waals surface area contributed by atoms with Gasteiger partial charge in [0.25, 0.3) is 0 Å². The van der Waals surface area contributed by atoms with Crippen LogP contribution in [-0.2, 0) is 29.9 Å². The lowest BCUT2D eigenvalue weighted by molar-refractivity contribution is 0.305. The first-order valence-electron chi connectivity index (χ1n) is 11.2. The van der Waals surface area contributed by atoms with Gasteiger partial charge in [0.05, 0.1) is 9.79 Å². The van der Waals surface area contributed by atoms with Gasteiger partial charge in [0.2, 0.25) is 9.84 Å². The van der Waals surface area contributed by atoms with Crippen LogP contribution in [0.3, 0.4) is 0 Å². The summed E-state index contributed by atoms with van der Waals surface area (Å²) in [5.41, 5.74) is 4.66. The summed E-state index contributed by atoms with van der Waals surface area (Å²) in [6.07, 6.45) is 6.68. The molecule has 33 heavy (non-hydrogen) atoms. The molecule has 0 amide bonds. The van der Waals surface area contributed by atoms with Crippen molar-refractivity contribution in [2.45, 2.75) is 47.7 Å². The zero-order valence-corrected chi connectivity index (χ0v) is 19.2. The predicted octanol–water partition coefficient (Wildman–Crippen LogP) is 4.33. The number of nitrogens with zero attached hydrogens (tertiary/aromatic N) is 2. The molecule has 2 aromatic heterocycles. The fourth-order valence-electron chi connectivity index (χ4n) is 5.26. The van der Waals surface area contributed by atoms with Gasteiger partial charge >= 0.3 is 0 Å². The minimum Gasteiger partial charge on any atom is -0.489 e. The van der Waals surface area contributed by atoms with Gasteiger partial charge in [-0.15, -0.1) is 0 Å². The van der Waals surface area contributed by atoms with Gasteiger partial charge in [-0.2, -0.15) is 0 Å². The number of aryl methyl sites for hydroxylation is 1. The van der Waals surface area contributed by atoms with E-state index in [1.54, 1.807) is 42.7 Å². The monoisotopic (exact) mass is 459 g/mol. The van der Waals surface area contributed by atoms with Gasteiger partial charge in [-0.1, -0.05) is 6.07 Å². The summed E-state index contributed by atoms with van der Waals surface area (Å²) in [6, 6.07) is 16.8. The third-order valence-corrected chi connectivity index (χ3v) is 8.69. The van der Waals surface area contributed by atoms with Gasteiger partial charge in [0.15, 0.2) is 0 Å². The number of aromatic nitrogens is 2. The lowest BCUT2D eigenvalue weighted by Crippen LogP contribution is -2.32. The van der Waals surface area contributed by atoms with E-state index in [-0.39, 0.29) is 4.90 Å². The van der Waals surface area contributed by atoms with Crippen LogP contribution >= 0.6 is 0 Å². The van der Waals surface area contributed by atoms with Crippen molar-refractivity contribution in [3.8, 4) is 5.75 Å². The van der Waals surface area contributed by atoms with Gasteiger partial charge in [-0.3, -0.25) is 4.98 Å². The molecule has 6 rings (SSSR count). The number of pyridine rings is 1. The quantitative estimate of drug-likeness (QED) is 0.481. The highest BCUT2D eigenvalue weighted by atomic mass is 32.2. The highest BCUT2D eigenvalue weighted by molar-refractivity contribution is 7.91. The van der Waals surface area contributed by atoms with Gasteiger partial charge in [-0.25, -0.2) is 8.42 Å². The zero-order chi connectivity index (χ0) is 22.6. The molecule has 0 spiro atoms. The Balaban J connectivity index is 1.35. The summed E-state index contributed by atoms with van der Waals surface area (Å²) in [5, 5.41) is 4.73. The first kappa shape index (κ1) is 20.4. The molecule has 2 unspecified atom stereocenters. The van der Waals surface area contributed by atoms with E-state index in [1.807, 2.05) is 24.3 Å². The van der Waals surface area contributed by atoms with Crippen molar-refractivity contribution in [1.29, 1.82) is 0 Å². The highest BCUT2D eigenvalue weighted by Crippen LogP contribution is 2.42. The van der Waals surface area contributed by atoms with Crippen molar-refractivity contribution < 1.29 is 13.2 Å². The van der Waals surface area contributed by atoms with E-state index < -0.39 is 9.84 Å². The Hall–Kier alpha value is -3.16. The molecule has 1 fully saturated rings. The molecular weight excluding hydrogens is 434 g/mol. The molecule has 2 bridgehead atoms. The van der Waals surface area contributed by atoms with E-state index >= 15 is 0 Å². The van der Waals surface area contributed by atoms with Crippen LogP contribution in [-0.4, -0.2) is 24.0 Å². The minimum absolute atomic E-state index is 0.234. The second kappa shape index (κ2) is 7.71. The van der Waals surface area contributed by atoms with Crippen LogP contribution < -0.4 is 10.1 Å². The van der Waals surface area contributed by atoms with Crippen molar-refractivity contribution in [1.82, 2.24) is 14.9 Å². The molecule has 4 heterocycles. The number of nitrogens with one attached hydrogen (secondary N) is 1. The maximum absolute atomic E-state index is 13.6. The number of hydrogen-bond acceptors (Lipinski definition) is 5. The smallest absolute Gasteiger partial charge is 0.206 e. The van der Waals surface area contributed by atoms with Crippen LogP contribution in [0.15, 0.2) is 76.8 Å². The molecule has 1 saturated heterocycles. The fourth-order valence-corrected chi connectivity index (χ4v) is 6.58. The van der Waals surface area contributed by atoms with Gasteiger partial charge in [0, 0.05) is 54.5 Å². The molecule has 4 aromatic rings. The Bertz CT molecular complexity index is 1460. The van der Waals surface area contributed by atoms with Crippen LogP contribution in [0.1, 0.15) is 35.7 Å². The van der Waals surface area contributed by atoms with Crippen molar-refractivity contribution >= 4 is 20.7 Å². The maximum atomic E-state index is 13.6. The second-order valence-corrected chi connectivity index (χ2v) is 10.9. The Morgan fingerprint density at radius 2 is 1.88 bits per heavy atom. The van der Waals surface area contributed by atoms with Crippen LogP contribution in [0.25, 0.3) is 10.9 Å². The SMILES string of the molecule is Cn1c2c(c3cc(S(=O)(=O)c4cccc(OCc5ccncc5)c4)ccc31)C1CCC(C2)N1. The Morgan fingerprint density at radius 1 is 1.06 bits per heavy atom. The lowest BCUT2D eigenvalue weighted by Gasteiger charge is -2.23.